The molecule has 0 aliphatic carbocycles. The Morgan fingerprint density at radius 1 is 1.13 bits per heavy atom. The maximum atomic E-state index is 12.7. The SMILES string of the molecule is Cc1cc(C(=O)Nc2cccc(OCc3cccc(C#N)c3)c2)ccc1-n1cnnn1. The molecule has 31 heavy (non-hydrogen) atoms. The van der Waals surface area contributed by atoms with Gasteiger partial charge in [-0.1, -0.05) is 18.2 Å². The van der Waals surface area contributed by atoms with Crippen molar-refractivity contribution in [2.75, 3.05) is 5.32 Å². The summed E-state index contributed by atoms with van der Waals surface area (Å²) in [4.78, 5) is 12.7. The fourth-order valence-electron chi connectivity index (χ4n) is 3.09. The van der Waals surface area contributed by atoms with Crippen LogP contribution in [0.15, 0.2) is 73.1 Å². The molecule has 3 aromatic carbocycles. The van der Waals surface area contributed by atoms with Crippen LogP contribution in [0.3, 0.4) is 0 Å². The summed E-state index contributed by atoms with van der Waals surface area (Å²) in [5.74, 6) is 0.385. The van der Waals surface area contributed by atoms with Gasteiger partial charge in [-0.15, -0.1) is 5.10 Å². The number of carbonyl (C=O) groups excluding carboxylic acids is 1. The summed E-state index contributed by atoms with van der Waals surface area (Å²) in [5, 5.41) is 23.0. The number of carbonyl (C=O) groups is 1. The molecule has 0 atom stereocenters. The minimum atomic E-state index is -0.231. The monoisotopic (exact) mass is 410 g/mol. The number of hydrogen-bond donors (Lipinski definition) is 1. The number of nitriles is 1. The van der Waals surface area contributed by atoms with Crippen molar-refractivity contribution < 1.29 is 9.53 Å². The maximum absolute atomic E-state index is 12.7. The molecule has 0 aliphatic rings. The molecule has 1 aromatic heterocycles. The zero-order valence-corrected chi connectivity index (χ0v) is 16.7. The second-order valence-corrected chi connectivity index (χ2v) is 6.84. The molecule has 4 rings (SSSR count). The van der Waals surface area contributed by atoms with Crippen LogP contribution in [0.4, 0.5) is 5.69 Å². The number of amides is 1. The highest BCUT2D eigenvalue weighted by atomic mass is 16.5. The third-order valence-corrected chi connectivity index (χ3v) is 4.61. The van der Waals surface area contributed by atoms with Gasteiger partial charge in [0.15, 0.2) is 0 Å². The minimum absolute atomic E-state index is 0.231. The first-order valence-corrected chi connectivity index (χ1v) is 9.49. The maximum Gasteiger partial charge on any atom is 0.255 e. The van der Waals surface area contributed by atoms with Crippen LogP contribution in [-0.4, -0.2) is 26.1 Å². The molecule has 0 fully saturated rings. The summed E-state index contributed by atoms with van der Waals surface area (Å²) >= 11 is 0. The number of rotatable bonds is 6. The zero-order valence-electron chi connectivity index (χ0n) is 16.7. The van der Waals surface area contributed by atoms with E-state index in [1.165, 1.54) is 6.33 Å². The summed E-state index contributed by atoms with van der Waals surface area (Å²) in [7, 11) is 0. The lowest BCUT2D eigenvalue weighted by atomic mass is 10.1. The first kappa shape index (κ1) is 19.8. The molecule has 0 bridgehead atoms. The van der Waals surface area contributed by atoms with Crippen LogP contribution in [0.5, 0.6) is 5.75 Å². The molecule has 1 heterocycles. The quantitative estimate of drug-likeness (QED) is 0.520. The van der Waals surface area contributed by atoms with E-state index in [0.29, 0.717) is 29.2 Å². The first-order chi connectivity index (χ1) is 15.1. The lowest BCUT2D eigenvalue weighted by Crippen LogP contribution is -2.12. The van der Waals surface area contributed by atoms with Gasteiger partial charge in [0, 0.05) is 17.3 Å². The molecular formula is C23H18N6O2. The molecule has 8 heteroatoms. The second kappa shape index (κ2) is 8.88. The zero-order chi connectivity index (χ0) is 21.6. The van der Waals surface area contributed by atoms with Crippen LogP contribution in [-0.2, 0) is 6.61 Å². The Morgan fingerprint density at radius 2 is 2.00 bits per heavy atom. The van der Waals surface area contributed by atoms with E-state index < -0.39 is 0 Å². The predicted octanol–water partition coefficient (Wildman–Crippen LogP) is 3.67. The Labute approximate surface area is 178 Å². The van der Waals surface area contributed by atoms with E-state index in [1.54, 1.807) is 47.1 Å². The van der Waals surface area contributed by atoms with E-state index in [2.05, 4.69) is 26.9 Å². The Kier molecular flexibility index (Phi) is 5.67. The molecule has 4 aromatic rings. The lowest BCUT2D eigenvalue weighted by molar-refractivity contribution is 0.102. The van der Waals surface area contributed by atoms with Crippen molar-refractivity contribution in [2.24, 2.45) is 0 Å². The number of aromatic nitrogens is 4. The van der Waals surface area contributed by atoms with Crippen molar-refractivity contribution in [1.29, 1.82) is 5.26 Å². The van der Waals surface area contributed by atoms with Gasteiger partial charge < -0.3 is 10.1 Å². The molecule has 1 amide bonds. The largest absolute Gasteiger partial charge is 0.489 e. The summed E-state index contributed by atoms with van der Waals surface area (Å²) < 4.78 is 7.36. The van der Waals surface area contributed by atoms with E-state index in [-0.39, 0.29) is 5.91 Å². The lowest BCUT2D eigenvalue weighted by Gasteiger charge is -2.11. The Hall–Kier alpha value is -4.51. The van der Waals surface area contributed by atoms with E-state index in [1.807, 2.05) is 31.2 Å². The highest BCUT2D eigenvalue weighted by molar-refractivity contribution is 6.04. The Bertz CT molecular complexity index is 1260. The van der Waals surface area contributed by atoms with Gasteiger partial charge in [0.1, 0.15) is 18.7 Å². The van der Waals surface area contributed by atoms with E-state index >= 15 is 0 Å². The molecule has 0 saturated heterocycles. The third-order valence-electron chi connectivity index (χ3n) is 4.61. The number of nitrogens with zero attached hydrogens (tertiary/aromatic N) is 5. The molecule has 0 unspecified atom stereocenters. The van der Waals surface area contributed by atoms with Gasteiger partial charge in [-0.3, -0.25) is 4.79 Å². The van der Waals surface area contributed by atoms with Gasteiger partial charge in [0.25, 0.3) is 5.91 Å². The van der Waals surface area contributed by atoms with Crippen molar-refractivity contribution in [1.82, 2.24) is 20.2 Å². The van der Waals surface area contributed by atoms with Gasteiger partial charge in [-0.2, -0.15) is 5.26 Å². The average Bonchev–Trinajstić information content (AvgIpc) is 3.32. The van der Waals surface area contributed by atoms with Crippen LogP contribution < -0.4 is 10.1 Å². The smallest absolute Gasteiger partial charge is 0.255 e. The number of aryl methyl sites for hydroxylation is 1. The Balaban J connectivity index is 1.43. The van der Waals surface area contributed by atoms with Crippen molar-refractivity contribution in [3.8, 4) is 17.5 Å². The number of ether oxygens (including phenoxy) is 1. The highest BCUT2D eigenvalue weighted by Gasteiger charge is 2.10. The Morgan fingerprint density at radius 3 is 2.77 bits per heavy atom. The molecule has 0 saturated carbocycles. The van der Waals surface area contributed by atoms with Gasteiger partial charge in [-0.05, 0) is 70.9 Å². The number of nitrogens with one attached hydrogen (secondary N) is 1. The summed E-state index contributed by atoms with van der Waals surface area (Å²) in [5.41, 5.74) is 4.30. The van der Waals surface area contributed by atoms with Crippen LogP contribution in [0.25, 0.3) is 5.69 Å². The average molecular weight is 410 g/mol. The van der Waals surface area contributed by atoms with Gasteiger partial charge in [-0.25, -0.2) is 4.68 Å². The molecular weight excluding hydrogens is 392 g/mol. The third kappa shape index (κ3) is 4.74. The molecule has 1 N–H and O–H groups in total. The van der Waals surface area contributed by atoms with Crippen LogP contribution in [0, 0.1) is 18.3 Å². The minimum Gasteiger partial charge on any atom is -0.489 e. The van der Waals surface area contributed by atoms with E-state index in [0.717, 1.165) is 16.8 Å². The first-order valence-electron chi connectivity index (χ1n) is 9.49. The van der Waals surface area contributed by atoms with Gasteiger partial charge in [0.05, 0.1) is 17.3 Å². The molecule has 0 aliphatic heterocycles. The topological polar surface area (TPSA) is 106 Å². The van der Waals surface area contributed by atoms with Gasteiger partial charge >= 0.3 is 0 Å². The fraction of sp³-hybridized carbons (Fsp3) is 0.0870. The number of benzene rings is 3. The normalized spacial score (nSPS) is 10.3. The van der Waals surface area contributed by atoms with E-state index in [9.17, 15) is 4.79 Å². The summed E-state index contributed by atoms with van der Waals surface area (Å²) in [6.45, 7) is 2.22. The molecule has 152 valence electrons. The molecule has 0 radical (unpaired) electrons. The fourth-order valence-corrected chi connectivity index (χ4v) is 3.09. The highest BCUT2D eigenvalue weighted by Crippen LogP contribution is 2.21. The standard InChI is InChI=1S/C23H18N6O2/c1-16-10-19(8-9-22(16)29-15-25-27-28-29)23(30)26-20-6-3-7-21(12-20)31-14-18-5-2-4-17(11-18)13-24/h2-12,15H,14H2,1H3,(H,26,30). The van der Waals surface area contributed by atoms with Crippen LogP contribution in [0.2, 0.25) is 0 Å². The predicted molar refractivity (Wildman–Crippen MR) is 114 cm³/mol. The number of hydrogen-bond acceptors (Lipinski definition) is 6. The molecule has 0 spiro atoms. The van der Waals surface area contributed by atoms with Gasteiger partial charge in [0.2, 0.25) is 0 Å². The number of anilines is 1. The van der Waals surface area contributed by atoms with Crippen LogP contribution in [0.1, 0.15) is 27.0 Å². The molecule has 8 nitrogen and oxygen atoms in total. The van der Waals surface area contributed by atoms with Crippen molar-refractivity contribution in [3.05, 3.63) is 95.3 Å². The van der Waals surface area contributed by atoms with Crippen molar-refractivity contribution in [2.45, 2.75) is 13.5 Å². The summed E-state index contributed by atoms with van der Waals surface area (Å²) in [6, 6.07) is 21.8. The number of tetrazole rings is 1. The van der Waals surface area contributed by atoms with E-state index in [4.69, 9.17) is 10.00 Å². The van der Waals surface area contributed by atoms with Crippen molar-refractivity contribution in [3.63, 3.8) is 0 Å². The second-order valence-electron chi connectivity index (χ2n) is 6.84. The summed E-state index contributed by atoms with van der Waals surface area (Å²) in [6.07, 6.45) is 1.50. The van der Waals surface area contributed by atoms with Crippen molar-refractivity contribution >= 4 is 11.6 Å². The van der Waals surface area contributed by atoms with Crippen LogP contribution >= 0.6 is 0 Å².